The molecule has 4 heteroatoms. The minimum Gasteiger partial charge on any atom is -0.201 e. The summed E-state index contributed by atoms with van der Waals surface area (Å²) in [6.07, 6.45) is 3.90. The van der Waals surface area contributed by atoms with Crippen LogP contribution in [-0.4, -0.2) is 0 Å². The lowest BCUT2D eigenvalue weighted by Gasteiger charge is -2.05. The van der Waals surface area contributed by atoms with E-state index in [9.17, 15) is 0 Å². The molecule has 0 saturated heterocycles. The zero-order valence-electron chi connectivity index (χ0n) is 8.33. The van der Waals surface area contributed by atoms with Crippen LogP contribution in [0.2, 0.25) is 15.1 Å². The molecule has 1 aromatic carbocycles. The molecule has 0 saturated carbocycles. The Morgan fingerprint density at radius 3 is 2.19 bits per heavy atom. The summed E-state index contributed by atoms with van der Waals surface area (Å²) in [6.45, 7) is 0.610. The molecule has 2 aromatic rings. The summed E-state index contributed by atoms with van der Waals surface area (Å²) in [7, 11) is 0. The molecule has 1 heterocycles. The van der Waals surface area contributed by atoms with Gasteiger partial charge in [-0.3, -0.25) is 0 Å². The zero-order valence-corrected chi connectivity index (χ0v) is 10.6. The molecule has 0 radical (unpaired) electrons. The third-order valence-corrected chi connectivity index (χ3v) is 3.45. The fraction of sp³-hybridized carbons (Fsp3) is 0.0833. The number of benzene rings is 1. The minimum absolute atomic E-state index is 0.519. The van der Waals surface area contributed by atoms with Crippen molar-refractivity contribution in [3.05, 3.63) is 63.4 Å². The molecule has 82 valence electrons. The summed E-state index contributed by atoms with van der Waals surface area (Å²) in [4.78, 5) is 0. The van der Waals surface area contributed by atoms with Crippen molar-refractivity contribution < 1.29 is 4.57 Å². The first-order valence-electron chi connectivity index (χ1n) is 4.75. The van der Waals surface area contributed by atoms with E-state index < -0.39 is 0 Å². The van der Waals surface area contributed by atoms with E-state index >= 15 is 0 Å². The van der Waals surface area contributed by atoms with Gasteiger partial charge < -0.3 is 0 Å². The SMILES string of the molecule is Clc1ccc(Cl)c(C[n+]2ccccc2)c1Cl. The predicted octanol–water partition coefficient (Wildman–Crippen LogP) is 3.98. The lowest BCUT2D eigenvalue weighted by atomic mass is 10.2. The number of nitrogens with zero attached hydrogens (tertiary/aromatic N) is 1. The Morgan fingerprint density at radius 2 is 1.50 bits per heavy atom. The number of rotatable bonds is 2. The lowest BCUT2D eigenvalue weighted by molar-refractivity contribution is -0.688. The number of aromatic nitrogens is 1. The largest absolute Gasteiger partial charge is 0.201 e. The molecule has 0 aliphatic carbocycles. The average molecular weight is 274 g/mol. The topological polar surface area (TPSA) is 3.88 Å². The van der Waals surface area contributed by atoms with E-state index in [-0.39, 0.29) is 0 Å². The van der Waals surface area contributed by atoms with Gasteiger partial charge in [0.05, 0.1) is 20.6 Å². The van der Waals surface area contributed by atoms with Gasteiger partial charge in [0.25, 0.3) is 0 Å². The molecular formula is C12H9Cl3N+. The van der Waals surface area contributed by atoms with Gasteiger partial charge in [0.1, 0.15) is 0 Å². The summed E-state index contributed by atoms with van der Waals surface area (Å²) in [5.41, 5.74) is 0.840. The molecule has 0 atom stereocenters. The van der Waals surface area contributed by atoms with Crippen molar-refractivity contribution in [3.63, 3.8) is 0 Å². The molecule has 1 nitrogen and oxygen atoms in total. The van der Waals surface area contributed by atoms with E-state index in [1.807, 2.05) is 35.2 Å². The highest BCUT2D eigenvalue weighted by atomic mass is 35.5. The third kappa shape index (κ3) is 2.49. The van der Waals surface area contributed by atoms with E-state index in [4.69, 9.17) is 34.8 Å². The van der Waals surface area contributed by atoms with Gasteiger partial charge in [-0.05, 0) is 12.1 Å². The van der Waals surface area contributed by atoms with Crippen molar-refractivity contribution in [3.8, 4) is 0 Å². The molecule has 0 aliphatic heterocycles. The van der Waals surface area contributed by atoms with Crippen LogP contribution < -0.4 is 4.57 Å². The first-order valence-corrected chi connectivity index (χ1v) is 5.88. The first kappa shape index (κ1) is 11.7. The molecule has 0 aliphatic rings. The van der Waals surface area contributed by atoms with Crippen molar-refractivity contribution in [2.45, 2.75) is 6.54 Å². The maximum Gasteiger partial charge on any atom is 0.176 e. The molecule has 2 rings (SSSR count). The Balaban J connectivity index is 2.38. The highest BCUT2D eigenvalue weighted by Crippen LogP contribution is 2.31. The molecule has 0 fully saturated rings. The highest BCUT2D eigenvalue weighted by molar-refractivity contribution is 6.44. The van der Waals surface area contributed by atoms with Crippen molar-refractivity contribution in [1.29, 1.82) is 0 Å². The zero-order chi connectivity index (χ0) is 11.5. The van der Waals surface area contributed by atoms with E-state index in [2.05, 4.69) is 0 Å². The van der Waals surface area contributed by atoms with Crippen molar-refractivity contribution in [1.82, 2.24) is 0 Å². The molecule has 0 bridgehead atoms. The van der Waals surface area contributed by atoms with E-state index in [1.165, 1.54) is 0 Å². The van der Waals surface area contributed by atoms with Crippen LogP contribution in [0, 0.1) is 0 Å². The quantitative estimate of drug-likeness (QED) is 0.575. The fourth-order valence-electron chi connectivity index (χ4n) is 1.44. The van der Waals surface area contributed by atoms with Crippen LogP contribution >= 0.6 is 34.8 Å². The van der Waals surface area contributed by atoms with E-state index in [0.717, 1.165) is 5.56 Å². The highest BCUT2D eigenvalue weighted by Gasteiger charge is 2.13. The molecule has 0 unspecified atom stereocenters. The molecular weight excluding hydrogens is 264 g/mol. The molecule has 1 aromatic heterocycles. The Kier molecular flexibility index (Phi) is 3.70. The maximum atomic E-state index is 6.12. The standard InChI is InChI=1S/C12H9Cl3N/c13-10-4-5-11(14)12(15)9(10)8-16-6-2-1-3-7-16/h1-7H,8H2/q+1. The molecule has 16 heavy (non-hydrogen) atoms. The monoisotopic (exact) mass is 272 g/mol. The Morgan fingerprint density at radius 1 is 0.875 bits per heavy atom. The number of hydrogen-bond acceptors (Lipinski definition) is 0. The van der Waals surface area contributed by atoms with Crippen LogP contribution in [-0.2, 0) is 6.54 Å². The van der Waals surface area contributed by atoms with Crippen LogP contribution in [0.1, 0.15) is 5.56 Å². The van der Waals surface area contributed by atoms with Gasteiger partial charge in [0.15, 0.2) is 18.9 Å². The second-order valence-electron chi connectivity index (χ2n) is 3.37. The Bertz CT molecular complexity index is 497. The third-order valence-electron chi connectivity index (χ3n) is 2.26. The van der Waals surface area contributed by atoms with Gasteiger partial charge in [-0.1, -0.05) is 40.9 Å². The van der Waals surface area contributed by atoms with Gasteiger partial charge >= 0.3 is 0 Å². The molecule has 0 N–H and O–H groups in total. The summed E-state index contributed by atoms with van der Waals surface area (Å²) in [5.74, 6) is 0. The summed E-state index contributed by atoms with van der Waals surface area (Å²) >= 11 is 18.2. The van der Waals surface area contributed by atoms with Gasteiger partial charge in [0.2, 0.25) is 0 Å². The number of hydrogen-bond donors (Lipinski definition) is 0. The second kappa shape index (κ2) is 5.05. The fourth-order valence-corrected chi connectivity index (χ4v) is 2.10. The predicted molar refractivity (Wildman–Crippen MR) is 67.2 cm³/mol. The Labute approximate surface area is 109 Å². The number of pyridine rings is 1. The van der Waals surface area contributed by atoms with Gasteiger partial charge in [-0.25, -0.2) is 4.57 Å². The van der Waals surface area contributed by atoms with E-state index in [0.29, 0.717) is 21.6 Å². The van der Waals surface area contributed by atoms with Crippen LogP contribution in [0.25, 0.3) is 0 Å². The van der Waals surface area contributed by atoms with Crippen molar-refractivity contribution in [2.75, 3.05) is 0 Å². The van der Waals surface area contributed by atoms with Crippen molar-refractivity contribution >= 4 is 34.8 Å². The maximum absolute atomic E-state index is 6.12. The summed E-state index contributed by atoms with van der Waals surface area (Å²) in [5, 5.41) is 1.67. The average Bonchev–Trinajstić information content (AvgIpc) is 2.31. The van der Waals surface area contributed by atoms with Gasteiger partial charge in [-0.2, -0.15) is 0 Å². The first-order chi connectivity index (χ1) is 7.68. The summed E-state index contributed by atoms with van der Waals surface area (Å²) in [6, 6.07) is 9.32. The molecule has 0 amide bonds. The lowest BCUT2D eigenvalue weighted by Crippen LogP contribution is -2.33. The van der Waals surface area contributed by atoms with Crippen LogP contribution in [0.5, 0.6) is 0 Å². The molecule has 0 spiro atoms. The number of halogens is 3. The van der Waals surface area contributed by atoms with Gasteiger partial charge in [0, 0.05) is 12.1 Å². The summed E-state index contributed by atoms with van der Waals surface area (Å²) < 4.78 is 1.99. The normalized spacial score (nSPS) is 10.4. The van der Waals surface area contributed by atoms with Gasteiger partial charge in [-0.15, -0.1) is 0 Å². The van der Waals surface area contributed by atoms with E-state index in [1.54, 1.807) is 12.1 Å². The van der Waals surface area contributed by atoms with Crippen LogP contribution in [0.3, 0.4) is 0 Å². The second-order valence-corrected chi connectivity index (χ2v) is 4.56. The minimum atomic E-state index is 0.519. The van der Waals surface area contributed by atoms with Crippen LogP contribution in [0.15, 0.2) is 42.7 Å². The Hall–Kier alpha value is -0.760. The van der Waals surface area contributed by atoms with Crippen molar-refractivity contribution in [2.24, 2.45) is 0 Å². The van der Waals surface area contributed by atoms with Crippen LogP contribution in [0.4, 0.5) is 0 Å². The smallest absolute Gasteiger partial charge is 0.176 e.